The number of aromatic nitrogens is 4. The summed E-state index contributed by atoms with van der Waals surface area (Å²) in [4.78, 5) is 28.1. The second-order valence-corrected chi connectivity index (χ2v) is 11.7. The summed E-state index contributed by atoms with van der Waals surface area (Å²) in [6, 6.07) is 1.92. The first kappa shape index (κ1) is 25.0. The summed E-state index contributed by atoms with van der Waals surface area (Å²) >= 11 is 1.42. The Labute approximate surface area is 213 Å². The van der Waals surface area contributed by atoms with Crippen molar-refractivity contribution in [3.63, 3.8) is 0 Å². The number of hydrogen-bond donors (Lipinski definition) is 2. The molecule has 1 saturated carbocycles. The van der Waals surface area contributed by atoms with Crippen molar-refractivity contribution in [3.05, 3.63) is 57.2 Å². The zero-order valence-electron chi connectivity index (χ0n) is 20.0. The quantitative estimate of drug-likeness (QED) is 0.417. The number of rotatable bonds is 8. The van der Waals surface area contributed by atoms with Gasteiger partial charge in [-0.2, -0.15) is 8.42 Å². The van der Waals surface area contributed by atoms with Crippen LogP contribution in [0.1, 0.15) is 62.6 Å². The SMILES string of the molecule is Cc1sc(C(=O)c2cncnc2N[C@H]2CCC(COS(N)(=O)=O)C2)cc1C1OCCn2c(C)cnc21. The van der Waals surface area contributed by atoms with Crippen molar-refractivity contribution in [2.24, 2.45) is 11.1 Å². The first-order chi connectivity index (χ1) is 17.2. The predicted octanol–water partition coefficient (Wildman–Crippen LogP) is 2.50. The fourth-order valence-electron chi connectivity index (χ4n) is 4.90. The Kier molecular flexibility index (Phi) is 6.92. The lowest BCUT2D eigenvalue weighted by Crippen LogP contribution is -2.23. The number of ether oxygens (including phenoxy) is 1. The molecule has 3 aromatic heterocycles. The van der Waals surface area contributed by atoms with E-state index in [2.05, 4.69) is 24.8 Å². The molecule has 1 aliphatic carbocycles. The van der Waals surface area contributed by atoms with E-state index in [0.717, 1.165) is 41.3 Å². The Morgan fingerprint density at radius 2 is 2.14 bits per heavy atom. The van der Waals surface area contributed by atoms with E-state index in [0.29, 0.717) is 29.3 Å². The number of nitrogens with one attached hydrogen (secondary N) is 1. The van der Waals surface area contributed by atoms with Gasteiger partial charge in [-0.3, -0.25) is 8.98 Å². The molecular formula is C23H28N6O5S2. The van der Waals surface area contributed by atoms with Crippen LogP contribution < -0.4 is 10.5 Å². The lowest BCUT2D eigenvalue weighted by Gasteiger charge is -2.25. The Balaban J connectivity index is 1.33. The van der Waals surface area contributed by atoms with E-state index in [-0.39, 0.29) is 30.5 Å². The molecule has 5 rings (SSSR count). The molecule has 0 aromatic carbocycles. The van der Waals surface area contributed by atoms with Gasteiger partial charge in [0.2, 0.25) is 5.78 Å². The van der Waals surface area contributed by atoms with Gasteiger partial charge in [0, 0.05) is 41.1 Å². The van der Waals surface area contributed by atoms with Crippen molar-refractivity contribution in [1.82, 2.24) is 19.5 Å². The summed E-state index contributed by atoms with van der Waals surface area (Å²) < 4.78 is 35.1. The number of imidazole rings is 1. The van der Waals surface area contributed by atoms with Crippen LogP contribution in [0.3, 0.4) is 0 Å². The summed E-state index contributed by atoms with van der Waals surface area (Å²) in [6.07, 6.45) is 6.72. The highest BCUT2D eigenvalue weighted by Crippen LogP contribution is 2.36. The van der Waals surface area contributed by atoms with Gasteiger partial charge in [0.05, 0.1) is 23.7 Å². The lowest BCUT2D eigenvalue weighted by molar-refractivity contribution is 0.0423. The number of carbonyl (C=O) groups excluding carboxylic acids is 1. The maximum absolute atomic E-state index is 13.5. The van der Waals surface area contributed by atoms with Crippen LogP contribution in [0, 0.1) is 19.8 Å². The monoisotopic (exact) mass is 532 g/mol. The fraction of sp³-hybridized carbons (Fsp3) is 0.478. The van der Waals surface area contributed by atoms with Crippen molar-refractivity contribution >= 4 is 33.2 Å². The highest BCUT2D eigenvalue weighted by atomic mass is 32.2. The third-order valence-corrected chi connectivity index (χ3v) is 8.22. The molecule has 1 fully saturated rings. The van der Waals surface area contributed by atoms with Gasteiger partial charge in [-0.25, -0.2) is 20.1 Å². The van der Waals surface area contributed by atoms with Crippen LogP contribution in [0.15, 0.2) is 24.8 Å². The standard InChI is InChI=1S/C23H28N6O5S2/c1-13-9-26-23-21(33-6-5-29(13)23)17-8-19(35-14(17)2)20(30)18-10-25-12-27-22(18)28-16-4-3-15(7-16)11-34-36(24,31)32/h8-10,12,15-16,21H,3-7,11H2,1-2H3,(H2,24,31,32)(H,25,27,28)/t15?,16-,21?/m0/s1. The minimum atomic E-state index is -3.96. The molecule has 2 unspecified atom stereocenters. The van der Waals surface area contributed by atoms with E-state index in [9.17, 15) is 13.2 Å². The number of thiophene rings is 1. The van der Waals surface area contributed by atoms with E-state index in [4.69, 9.17) is 14.1 Å². The highest BCUT2D eigenvalue weighted by Gasteiger charge is 2.31. The Morgan fingerprint density at radius 1 is 1.31 bits per heavy atom. The predicted molar refractivity (Wildman–Crippen MR) is 133 cm³/mol. The molecule has 192 valence electrons. The number of aryl methyl sites for hydroxylation is 2. The second kappa shape index (κ2) is 9.98. The minimum Gasteiger partial charge on any atom is -0.367 e. The van der Waals surface area contributed by atoms with Gasteiger partial charge < -0.3 is 14.6 Å². The first-order valence-corrected chi connectivity index (χ1v) is 14.0. The number of nitrogens with two attached hydrogens (primary N) is 1. The molecule has 36 heavy (non-hydrogen) atoms. The number of fused-ring (bicyclic) bond motifs is 1. The molecule has 3 N–H and O–H groups in total. The molecule has 0 spiro atoms. The fourth-order valence-corrected chi connectivity index (χ4v) is 6.28. The van der Waals surface area contributed by atoms with Crippen molar-refractivity contribution in [3.8, 4) is 0 Å². The maximum Gasteiger partial charge on any atom is 0.333 e. The van der Waals surface area contributed by atoms with Crippen LogP contribution in [0.4, 0.5) is 5.82 Å². The molecule has 0 saturated heterocycles. The zero-order valence-corrected chi connectivity index (χ0v) is 21.6. The van der Waals surface area contributed by atoms with Crippen LogP contribution in [0.25, 0.3) is 0 Å². The highest BCUT2D eigenvalue weighted by molar-refractivity contribution is 7.84. The third kappa shape index (κ3) is 5.20. The summed E-state index contributed by atoms with van der Waals surface area (Å²) in [6.45, 7) is 5.40. The summed E-state index contributed by atoms with van der Waals surface area (Å²) in [7, 11) is -3.96. The zero-order chi connectivity index (χ0) is 25.4. The summed E-state index contributed by atoms with van der Waals surface area (Å²) in [5.74, 6) is 1.20. The smallest absolute Gasteiger partial charge is 0.333 e. The van der Waals surface area contributed by atoms with Crippen molar-refractivity contribution in [1.29, 1.82) is 0 Å². The number of ketones is 1. The van der Waals surface area contributed by atoms with Gasteiger partial charge in [0.1, 0.15) is 24.1 Å². The molecule has 4 heterocycles. The Bertz CT molecular complexity index is 1390. The van der Waals surface area contributed by atoms with Crippen molar-refractivity contribution < 1.29 is 22.1 Å². The van der Waals surface area contributed by atoms with Gasteiger partial charge in [0.25, 0.3) is 0 Å². The minimum absolute atomic E-state index is 0.0268. The molecule has 2 aliphatic rings. The molecule has 0 bridgehead atoms. The molecule has 1 aliphatic heterocycles. The van der Waals surface area contributed by atoms with Crippen LogP contribution >= 0.6 is 11.3 Å². The van der Waals surface area contributed by atoms with Gasteiger partial charge >= 0.3 is 10.3 Å². The van der Waals surface area contributed by atoms with E-state index >= 15 is 0 Å². The van der Waals surface area contributed by atoms with Crippen LogP contribution in [-0.2, 0) is 25.8 Å². The topological polar surface area (TPSA) is 151 Å². The van der Waals surface area contributed by atoms with Crippen LogP contribution in [0.5, 0.6) is 0 Å². The van der Waals surface area contributed by atoms with Gasteiger partial charge in [-0.15, -0.1) is 11.3 Å². The van der Waals surface area contributed by atoms with Gasteiger partial charge in [-0.05, 0) is 45.1 Å². The largest absolute Gasteiger partial charge is 0.367 e. The van der Waals surface area contributed by atoms with Crippen LogP contribution in [0.2, 0.25) is 0 Å². The molecular weight excluding hydrogens is 504 g/mol. The Hall–Kier alpha value is -2.71. The average Bonchev–Trinajstić information content (AvgIpc) is 3.56. The second-order valence-electron chi connectivity index (χ2n) is 9.19. The average molecular weight is 533 g/mol. The number of carbonyl (C=O) groups is 1. The number of hydrogen-bond acceptors (Lipinski definition) is 10. The van der Waals surface area contributed by atoms with Gasteiger partial charge in [-0.1, -0.05) is 0 Å². The Morgan fingerprint density at radius 3 is 2.94 bits per heavy atom. The van der Waals surface area contributed by atoms with Crippen molar-refractivity contribution in [2.45, 2.75) is 51.8 Å². The third-order valence-electron chi connectivity index (χ3n) is 6.69. The molecule has 0 radical (unpaired) electrons. The number of anilines is 1. The molecule has 3 aromatic rings. The maximum atomic E-state index is 13.5. The summed E-state index contributed by atoms with van der Waals surface area (Å²) in [5.41, 5.74) is 2.41. The molecule has 11 nitrogen and oxygen atoms in total. The van der Waals surface area contributed by atoms with E-state index in [1.165, 1.54) is 23.9 Å². The molecule has 0 amide bonds. The molecule has 3 atom stereocenters. The van der Waals surface area contributed by atoms with Crippen LogP contribution in [-0.4, -0.2) is 53.0 Å². The van der Waals surface area contributed by atoms with Gasteiger partial charge in [0.15, 0.2) is 0 Å². The summed E-state index contributed by atoms with van der Waals surface area (Å²) in [5, 5.41) is 8.28. The van der Waals surface area contributed by atoms with E-state index in [1.807, 2.05) is 26.1 Å². The normalized spacial score (nSPS) is 21.9. The first-order valence-electron chi connectivity index (χ1n) is 11.7. The number of nitrogens with zero attached hydrogens (tertiary/aromatic N) is 4. The molecule has 13 heteroatoms. The van der Waals surface area contributed by atoms with E-state index < -0.39 is 10.3 Å². The lowest BCUT2D eigenvalue weighted by atomic mass is 10.1. The van der Waals surface area contributed by atoms with E-state index in [1.54, 1.807) is 0 Å². The van der Waals surface area contributed by atoms with Crippen molar-refractivity contribution in [2.75, 3.05) is 18.5 Å².